The molecule has 0 N–H and O–H groups in total. The Kier molecular flexibility index (Phi) is 4.87. The van der Waals surface area contributed by atoms with E-state index in [1.54, 1.807) is 7.11 Å². The summed E-state index contributed by atoms with van der Waals surface area (Å²) in [6.07, 6.45) is 1.70. The van der Waals surface area contributed by atoms with Gasteiger partial charge in [-0.05, 0) is 18.6 Å². The first kappa shape index (κ1) is 13.7. The first-order valence-electron chi connectivity index (χ1n) is 5.96. The van der Waals surface area contributed by atoms with Crippen molar-refractivity contribution in [2.75, 3.05) is 19.6 Å². The highest BCUT2D eigenvalue weighted by atomic mass is 35.5. The van der Waals surface area contributed by atoms with Crippen molar-refractivity contribution in [2.24, 2.45) is 0 Å². The number of hydrogen-bond acceptors (Lipinski definition) is 2. The Labute approximate surface area is 117 Å². The van der Waals surface area contributed by atoms with E-state index in [2.05, 4.69) is 9.55 Å². The van der Waals surface area contributed by atoms with Gasteiger partial charge in [0.2, 0.25) is 0 Å². The molecule has 0 aliphatic rings. The molecule has 0 radical (unpaired) electrons. The smallest absolute Gasteiger partial charge is 0.111 e. The van der Waals surface area contributed by atoms with Gasteiger partial charge in [-0.25, -0.2) is 4.98 Å². The fraction of sp³-hybridized carbons (Fsp3) is 0.462. The number of rotatable bonds is 6. The lowest BCUT2D eigenvalue weighted by Crippen LogP contribution is -2.06. The Morgan fingerprint density at radius 1 is 1.39 bits per heavy atom. The molecule has 5 heteroatoms. The van der Waals surface area contributed by atoms with Gasteiger partial charge in [0, 0.05) is 32.6 Å². The highest BCUT2D eigenvalue weighted by Crippen LogP contribution is 2.24. The molecule has 0 atom stereocenters. The van der Waals surface area contributed by atoms with Gasteiger partial charge in [0.05, 0.1) is 10.5 Å². The summed E-state index contributed by atoms with van der Waals surface area (Å²) in [6, 6.07) is 5.85. The normalized spacial score (nSPS) is 11.3. The highest BCUT2D eigenvalue weighted by molar-refractivity contribution is 6.34. The van der Waals surface area contributed by atoms with Crippen molar-refractivity contribution in [1.29, 1.82) is 0 Å². The molecule has 0 amide bonds. The van der Waals surface area contributed by atoms with E-state index in [-0.39, 0.29) is 0 Å². The highest BCUT2D eigenvalue weighted by Gasteiger charge is 2.11. The third kappa shape index (κ3) is 2.79. The Hall–Kier alpha value is -0.770. The van der Waals surface area contributed by atoms with Gasteiger partial charge in [0.15, 0.2) is 0 Å². The Morgan fingerprint density at radius 3 is 2.94 bits per heavy atom. The van der Waals surface area contributed by atoms with Gasteiger partial charge in [-0.3, -0.25) is 0 Å². The van der Waals surface area contributed by atoms with Crippen molar-refractivity contribution in [2.45, 2.75) is 19.4 Å². The van der Waals surface area contributed by atoms with Gasteiger partial charge in [0.1, 0.15) is 11.3 Å². The Morgan fingerprint density at radius 2 is 2.22 bits per heavy atom. The van der Waals surface area contributed by atoms with Gasteiger partial charge < -0.3 is 9.30 Å². The van der Waals surface area contributed by atoms with Crippen LogP contribution in [0.3, 0.4) is 0 Å². The average molecular weight is 287 g/mol. The molecule has 0 aliphatic heterocycles. The summed E-state index contributed by atoms with van der Waals surface area (Å²) in [4.78, 5) is 4.59. The molecule has 98 valence electrons. The average Bonchev–Trinajstić information content (AvgIpc) is 2.70. The number of aromatic nitrogens is 2. The van der Waals surface area contributed by atoms with E-state index in [4.69, 9.17) is 27.9 Å². The van der Waals surface area contributed by atoms with Crippen molar-refractivity contribution >= 4 is 34.2 Å². The van der Waals surface area contributed by atoms with Gasteiger partial charge in [-0.2, -0.15) is 0 Å². The molecule has 0 saturated carbocycles. The van der Waals surface area contributed by atoms with Crippen molar-refractivity contribution in [3.8, 4) is 0 Å². The molecule has 0 unspecified atom stereocenters. The van der Waals surface area contributed by atoms with Crippen LogP contribution < -0.4 is 0 Å². The van der Waals surface area contributed by atoms with Crippen LogP contribution in [0, 0.1) is 0 Å². The maximum atomic E-state index is 6.17. The molecule has 0 bridgehead atoms. The van der Waals surface area contributed by atoms with E-state index >= 15 is 0 Å². The van der Waals surface area contributed by atoms with Crippen LogP contribution in [0.4, 0.5) is 0 Å². The van der Waals surface area contributed by atoms with E-state index in [9.17, 15) is 0 Å². The van der Waals surface area contributed by atoms with Crippen LogP contribution in [0.5, 0.6) is 0 Å². The van der Waals surface area contributed by atoms with Crippen molar-refractivity contribution in [3.63, 3.8) is 0 Å². The number of para-hydroxylation sites is 1. The fourth-order valence-corrected chi connectivity index (χ4v) is 2.43. The van der Waals surface area contributed by atoms with Crippen molar-refractivity contribution in [3.05, 3.63) is 29.0 Å². The van der Waals surface area contributed by atoms with Crippen LogP contribution in [0.25, 0.3) is 11.0 Å². The lowest BCUT2D eigenvalue weighted by molar-refractivity contribution is 0.190. The molecule has 2 aromatic rings. The largest absolute Gasteiger partial charge is 0.385 e. The summed E-state index contributed by atoms with van der Waals surface area (Å²) in [7, 11) is 1.71. The zero-order valence-electron chi connectivity index (χ0n) is 10.3. The predicted molar refractivity (Wildman–Crippen MR) is 75.7 cm³/mol. The molecular weight excluding hydrogens is 271 g/mol. The lowest BCUT2D eigenvalue weighted by atomic mass is 10.3. The number of aryl methyl sites for hydroxylation is 2. The maximum Gasteiger partial charge on any atom is 0.111 e. The third-order valence-electron chi connectivity index (χ3n) is 2.86. The van der Waals surface area contributed by atoms with E-state index in [0.717, 1.165) is 42.9 Å². The molecule has 1 aromatic heterocycles. The number of benzene rings is 1. The minimum Gasteiger partial charge on any atom is -0.385 e. The van der Waals surface area contributed by atoms with Crippen molar-refractivity contribution < 1.29 is 4.74 Å². The third-order valence-corrected chi connectivity index (χ3v) is 3.35. The molecule has 3 nitrogen and oxygen atoms in total. The second-order valence-corrected chi connectivity index (χ2v) is 4.86. The van der Waals surface area contributed by atoms with Gasteiger partial charge in [0.25, 0.3) is 0 Å². The topological polar surface area (TPSA) is 27.1 Å². The van der Waals surface area contributed by atoms with Crippen LogP contribution in [0.1, 0.15) is 12.2 Å². The van der Waals surface area contributed by atoms with E-state index in [0.29, 0.717) is 10.9 Å². The molecule has 1 aromatic carbocycles. The maximum absolute atomic E-state index is 6.17. The van der Waals surface area contributed by atoms with Crippen LogP contribution >= 0.6 is 23.2 Å². The monoisotopic (exact) mass is 286 g/mol. The quantitative estimate of drug-likeness (QED) is 0.600. The summed E-state index contributed by atoms with van der Waals surface area (Å²) in [6.45, 7) is 1.61. The number of nitrogens with zero attached hydrogens (tertiary/aromatic N) is 2. The first-order valence-corrected chi connectivity index (χ1v) is 6.87. The minimum absolute atomic E-state index is 0.561. The van der Waals surface area contributed by atoms with Crippen LogP contribution in [-0.4, -0.2) is 29.1 Å². The summed E-state index contributed by atoms with van der Waals surface area (Å²) in [5, 5.41) is 0.689. The number of hydrogen-bond donors (Lipinski definition) is 0. The molecule has 2 rings (SSSR count). The molecule has 0 spiro atoms. The second-order valence-electron chi connectivity index (χ2n) is 4.07. The summed E-state index contributed by atoms with van der Waals surface area (Å²) in [5.74, 6) is 1.55. The van der Waals surface area contributed by atoms with Gasteiger partial charge in [-0.15, -0.1) is 11.6 Å². The second kappa shape index (κ2) is 6.41. The fourth-order valence-electron chi connectivity index (χ4n) is 2.05. The minimum atomic E-state index is 0.561. The summed E-state index contributed by atoms with van der Waals surface area (Å²) in [5.41, 5.74) is 1.93. The number of methoxy groups -OCH3 is 1. The lowest BCUT2D eigenvalue weighted by Gasteiger charge is -2.08. The zero-order valence-corrected chi connectivity index (χ0v) is 11.8. The molecular formula is C13H16Cl2N2O. The first-order chi connectivity index (χ1) is 8.77. The standard InChI is InChI=1S/C13H16Cl2N2O/c1-18-9-3-8-17-11-5-2-4-10(15)13(11)16-12(17)6-7-14/h2,4-5H,3,6-9H2,1H3. The van der Waals surface area contributed by atoms with E-state index in [1.807, 2.05) is 18.2 Å². The molecule has 0 saturated heterocycles. The van der Waals surface area contributed by atoms with Crippen molar-refractivity contribution in [1.82, 2.24) is 9.55 Å². The summed E-state index contributed by atoms with van der Waals surface area (Å²) < 4.78 is 7.27. The number of halogens is 2. The SMILES string of the molecule is COCCCn1c(CCCl)nc2c(Cl)cccc21. The van der Waals surface area contributed by atoms with E-state index < -0.39 is 0 Å². The molecule has 0 aliphatic carbocycles. The Balaban J connectivity index is 2.39. The van der Waals surface area contributed by atoms with E-state index in [1.165, 1.54) is 0 Å². The summed E-state index contributed by atoms with van der Waals surface area (Å²) >= 11 is 12.0. The number of ether oxygens (including phenoxy) is 1. The zero-order chi connectivity index (χ0) is 13.0. The number of imidazole rings is 1. The van der Waals surface area contributed by atoms with Gasteiger partial charge in [-0.1, -0.05) is 17.7 Å². The molecule has 1 heterocycles. The van der Waals surface area contributed by atoms with Crippen LogP contribution in [0.15, 0.2) is 18.2 Å². The number of alkyl halides is 1. The van der Waals surface area contributed by atoms with Gasteiger partial charge >= 0.3 is 0 Å². The van der Waals surface area contributed by atoms with Crippen LogP contribution in [0.2, 0.25) is 5.02 Å². The number of fused-ring (bicyclic) bond motifs is 1. The Bertz CT molecular complexity index is 525. The van der Waals surface area contributed by atoms with Crippen LogP contribution in [-0.2, 0) is 17.7 Å². The molecule has 0 fully saturated rings. The molecule has 18 heavy (non-hydrogen) atoms. The predicted octanol–water partition coefficient (Wildman–Crippen LogP) is 3.51.